The second kappa shape index (κ2) is 2.69. The maximum atomic E-state index is 13.1. The average Bonchev–Trinajstić information content (AvgIpc) is 2.77. The zero-order valence-corrected chi connectivity index (χ0v) is 8.14. The van der Waals surface area contributed by atoms with E-state index >= 15 is 0 Å². The van der Waals surface area contributed by atoms with Crippen molar-refractivity contribution in [3.05, 3.63) is 0 Å². The van der Waals surface area contributed by atoms with Crippen LogP contribution in [0.3, 0.4) is 0 Å². The van der Waals surface area contributed by atoms with Gasteiger partial charge in [-0.3, -0.25) is 4.79 Å². The van der Waals surface area contributed by atoms with Crippen molar-refractivity contribution in [1.29, 1.82) is 0 Å². The van der Waals surface area contributed by atoms with E-state index in [2.05, 4.69) is 5.32 Å². The zero-order chi connectivity index (χ0) is 9.64. The number of carbonyl (C=O) groups excluding carboxylic acids is 1. The van der Waals surface area contributed by atoms with E-state index in [0.717, 1.165) is 12.3 Å². The van der Waals surface area contributed by atoms with Gasteiger partial charge in [0.1, 0.15) is 0 Å². The lowest BCUT2D eigenvalue weighted by Crippen LogP contribution is -2.40. The first-order valence-electron chi connectivity index (χ1n) is 4.98. The van der Waals surface area contributed by atoms with Crippen molar-refractivity contribution in [3.8, 4) is 0 Å². The molecule has 0 aliphatic heterocycles. The third kappa shape index (κ3) is 2.01. The highest BCUT2D eigenvalue weighted by Crippen LogP contribution is 2.50. The number of alkyl halides is 1. The number of hydrogen-bond donors (Lipinski definition) is 1. The Kier molecular flexibility index (Phi) is 1.86. The van der Waals surface area contributed by atoms with Crippen molar-refractivity contribution in [2.45, 2.75) is 44.8 Å². The molecule has 2 nitrogen and oxygen atoms in total. The maximum Gasteiger partial charge on any atom is 0.257 e. The SMILES string of the molecule is CC(C)(F)C(=O)N[C@@H]1C[C@H]1C1CC1. The van der Waals surface area contributed by atoms with Gasteiger partial charge < -0.3 is 5.32 Å². The number of nitrogens with one attached hydrogen (secondary N) is 1. The molecule has 0 heterocycles. The lowest BCUT2D eigenvalue weighted by atomic mass is 10.1. The maximum absolute atomic E-state index is 13.1. The van der Waals surface area contributed by atoms with Crippen LogP contribution >= 0.6 is 0 Å². The largest absolute Gasteiger partial charge is 0.350 e. The summed E-state index contributed by atoms with van der Waals surface area (Å²) in [5.74, 6) is 1.03. The van der Waals surface area contributed by atoms with Crippen LogP contribution in [0.15, 0.2) is 0 Å². The molecule has 2 aliphatic carbocycles. The molecular formula is C10H16FNO. The van der Waals surface area contributed by atoms with Crippen LogP contribution in [-0.2, 0) is 4.79 Å². The topological polar surface area (TPSA) is 29.1 Å². The Labute approximate surface area is 77.9 Å². The van der Waals surface area contributed by atoms with E-state index in [1.165, 1.54) is 26.7 Å². The molecule has 2 rings (SSSR count). The Morgan fingerprint density at radius 1 is 1.46 bits per heavy atom. The molecule has 2 aliphatic rings. The smallest absolute Gasteiger partial charge is 0.257 e. The quantitative estimate of drug-likeness (QED) is 0.711. The molecule has 13 heavy (non-hydrogen) atoms. The molecule has 0 radical (unpaired) electrons. The highest BCUT2D eigenvalue weighted by atomic mass is 19.1. The van der Waals surface area contributed by atoms with Gasteiger partial charge in [0.25, 0.3) is 5.91 Å². The molecule has 0 bridgehead atoms. The Hall–Kier alpha value is -0.600. The van der Waals surface area contributed by atoms with Crippen LogP contribution in [0, 0.1) is 11.8 Å². The number of hydrogen-bond acceptors (Lipinski definition) is 1. The predicted molar refractivity (Wildman–Crippen MR) is 47.9 cm³/mol. The van der Waals surface area contributed by atoms with Crippen molar-refractivity contribution < 1.29 is 9.18 Å². The molecule has 2 atom stereocenters. The summed E-state index contributed by atoms with van der Waals surface area (Å²) in [7, 11) is 0. The summed E-state index contributed by atoms with van der Waals surface area (Å²) in [4.78, 5) is 11.2. The monoisotopic (exact) mass is 185 g/mol. The standard InChI is InChI=1S/C10H16FNO/c1-10(2,11)9(13)12-8-5-7(8)6-3-4-6/h6-8H,3-5H2,1-2H3,(H,12,13)/t7-,8+/m0/s1. The summed E-state index contributed by atoms with van der Waals surface area (Å²) in [5.41, 5.74) is -1.73. The van der Waals surface area contributed by atoms with E-state index in [9.17, 15) is 9.18 Å². The van der Waals surface area contributed by atoms with E-state index in [4.69, 9.17) is 0 Å². The molecule has 0 aromatic carbocycles. The van der Waals surface area contributed by atoms with E-state index < -0.39 is 11.6 Å². The minimum Gasteiger partial charge on any atom is -0.350 e. The number of halogens is 1. The normalized spacial score (nSPS) is 32.8. The molecule has 0 unspecified atom stereocenters. The van der Waals surface area contributed by atoms with Gasteiger partial charge in [0.05, 0.1) is 0 Å². The summed E-state index contributed by atoms with van der Waals surface area (Å²) in [6.45, 7) is 2.60. The second-order valence-corrected chi connectivity index (χ2v) is 4.79. The molecule has 74 valence electrons. The number of amides is 1. The summed E-state index contributed by atoms with van der Waals surface area (Å²) in [6, 6.07) is 0.273. The van der Waals surface area contributed by atoms with Crippen LogP contribution in [0.5, 0.6) is 0 Å². The molecule has 2 fully saturated rings. The van der Waals surface area contributed by atoms with Gasteiger partial charge in [0.15, 0.2) is 5.67 Å². The minimum atomic E-state index is -1.73. The fourth-order valence-corrected chi connectivity index (χ4v) is 1.77. The summed E-state index contributed by atoms with van der Waals surface area (Å²) >= 11 is 0. The van der Waals surface area contributed by atoms with Crippen LogP contribution < -0.4 is 5.32 Å². The van der Waals surface area contributed by atoms with Gasteiger partial charge in [-0.05, 0) is 44.9 Å². The molecule has 1 N–H and O–H groups in total. The molecule has 0 spiro atoms. The molecule has 0 aromatic rings. The Morgan fingerprint density at radius 2 is 2.08 bits per heavy atom. The van der Waals surface area contributed by atoms with E-state index in [-0.39, 0.29) is 6.04 Å². The summed E-state index contributed by atoms with van der Waals surface area (Å²) < 4.78 is 13.1. The van der Waals surface area contributed by atoms with E-state index in [1.807, 2.05) is 0 Å². The molecule has 0 aromatic heterocycles. The average molecular weight is 185 g/mol. The first-order chi connectivity index (χ1) is 5.98. The minimum absolute atomic E-state index is 0.273. The van der Waals surface area contributed by atoms with Crippen molar-refractivity contribution in [3.63, 3.8) is 0 Å². The summed E-state index contributed by atoms with van der Waals surface area (Å²) in [5, 5.41) is 2.75. The van der Waals surface area contributed by atoms with Crippen molar-refractivity contribution >= 4 is 5.91 Å². The lowest BCUT2D eigenvalue weighted by molar-refractivity contribution is -0.131. The van der Waals surface area contributed by atoms with Crippen LogP contribution in [-0.4, -0.2) is 17.6 Å². The fourth-order valence-electron chi connectivity index (χ4n) is 1.77. The fraction of sp³-hybridized carbons (Fsp3) is 0.900. The van der Waals surface area contributed by atoms with Crippen molar-refractivity contribution in [2.24, 2.45) is 11.8 Å². The first-order valence-corrected chi connectivity index (χ1v) is 4.98. The number of carbonyl (C=O) groups is 1. The molecule has 0 saturated heterocycles. The van der Waals surface area contributed by atoms with Gasteiger partial charge in [-0.2, -0.15) is 0 Å². The Morgan fingerprint density at radius 3 is 2.54 bits per heavy atom. The zero-order valence-electron chi connectivity index (χ0n) is 8.14. The van der Waals surface area contributed by atoms with Crippen LogP contribution in [0.4, 0.5) is 4.39 Å². The molecule has 2 saturated carbocycles. The third-order valence-electron chi connectivity index (χ3n) is 2.92. The number of rotatable bonds is 3. The van der Waals surface area contributed by atoms with Gasteiger partial charge >= 0.3 is 0 Å². The highest BCUT2D eigenvalue weighted by Gasteiger charge is 2.49. The van der Waals surface area contributed by atoms with Crippen molar-refractivity contribution in [2.75, 3.05) is 0 Å². The molecular weight excluding hydrogens is 169 g/mol. The van der Waals surface area contributed by atoms with Gasteiger partial charge in [-0.1, -0.05) is 0 Å². The van der Waals surface area contributed by atoms with E-state index in [0.29, 0.717) is 5.92 Å². The van der Waals surface area contributed by atoms with Gasteiger partial charge in [0.2, 0.25) is 0 Å². The molecule has 3 heteroatoms. The van der Waals surface area contributed by atoms with Gasteiger partial charge in [-0.25, -0.2) is 4.39 Å². The van der Waals surface area contributed by atoms with Gasteiger partial charge in [0, 0.05) is 6.04 Å². The summed E-state index contributed by atoms with van der Waals surface area (Å²) in [6.07, 6.45) is 3.67. The van der Waals surface area contributed by atoms with Crippen LogP contribution in [0.2, 0.25) is 0 Å². The van der Waals surface area contributed by atoms with E-state index in [1.54, 1.807) is 0 Å². The predicted octanol–water partition coefficient (Wildman–Crippen LogP) is 1.65. The van der Waals surface area contributed by atoms with Crippen molar-refractivity contribution in [1.82, 2.24) is 5.32 Å². The highest BCUT2D eigenvalue weighted by molar-refractivity contribution is 5.84. The third-order valence-corrected chi connectivity index (χ3v) is 2.92. The lowest BCUT2D eigenvalue weighted by Gasteiger charge is -2.13. The molecule has 1 amide bonds. The van der Waals surface area contributed by atoms with Crippen LogP contribution in [0.1, 0.15) is 33.1 Å². The second-order valence-electron chi connectivity index (χ2n) is 4.79. The Bertz CT molecular complexity index is 230. The van der Waals surface area contributed by atoms with Gasteiger partial charge in [-0.15, -0.1) is 0 Å². The first kappa shape index (κ1) is 8.97. The van der Waals surface area contributed by atoms with Crippen LogP contribution in [0.25, 0.3) is 0 Å². The Balaban J connectivity index is 1.77.